The lowest BCUT2D eigenvalue weighted by molar-refractivity contribution is -0.113. The number of amides is 1. The minimum Gasteiger partial charge on any atom is -0.325 e. The summed E-state index contributed by atoms with van der Waals surface area (Å²) < 4.78 is 15.5. The molecule has 0 aliphatic heterocycles. The molecule has 1 N–H and O–H groups in total. The topological polar surface area (TPSA) is 59.8 Å². The van der Waals surface area contributed by atoms with E-state index in [1.165, 1.54) is 23.9 Å². The number of carbonyl (C=O) groups excluding carboxylic acids is 1. The maximum atomic E-state index is 13.5. The number of thioether (sulfide) groups is 1. The van der Waals surface area contributed by atoms with Gasteiger partial charge in [-0.15, -0.1) is 10.2 Å². The van der Waals surface area contributed by atoms with Gasteiger partial charge in [-0.3, -0.25) is 9.36 Å². The smallest absolute Gasteiger partial charge is 0.234 e. The van der Waals surface area contributed by atoms with Gasteiger partial charge in [0.15, 0.2) is 5.16 Å². The van der Waals surface area contributed by atoms with Gasteiger partial charge >= 0.3 is 0 Å². The van der Waals surface area contributed by atoms with Crippen LogP contribution in [-0.2, 0) is 4.79 Å². The van der Waals surface area contributed by atoms with Crippen LogP contribution in [0.5, 0.6) is 0 Å². The van der Waals surface area contributed by atoms with E-state index in [1.54, 1.807) is 12.1 Å². The Hall–Kier alpha value is -4.23. The largest absolute Gasteiger partial charge is 0.325 e. The predicted octanol–water partition coefficient (Wildman–Crippen LogP) is 6.32. The number of carbonyl (C=O) groups is 1. The van der Waals surface area contributed by atoms with E-state index in [2.05, 4.69) is 39.8 Å². The first-order chi connectivity index (χ1) is 17.7. The van der Waals surface area contributed by atoms with Gasteiger partial charge in [0.25, 0.3) is 0 Å². The van der Waals surface area contributed by atoms with Crippen LogP contribution < -0.4 is 5.32 Å². The van der Waals surface area contributed by atoms with Crippen molar-refractivity contribution >= 4 is 23.4 Å². The fourth-order valence-corrected chi connectivity index (χ4v) is 4.82. The molecule has 5 rings (SSSR count). The molecule has 0 aliphatic rings. The van der Waals surface area contributed by atoms with E-state index in [-0.39, 0.29) is 17.6 Å². The number of hydrogen-bond donors (Lipinski definition) is 1. The van der Waals surface area contributed by atoms with Crippen LogP contribution in [0.25, 0.3) is 5.69 Å². The Morgan fingerprint density at radius 2 is 1.42 bits per heavy atom. The third kappa shape index (κ3) is 5.37. The number of hydrogen-bond acceptors (Lipinski definition) is 4. The first kappa shape index (κ1) is 23.5. The quantitative estimate of drug-likeness (QED) is 0.257. The van der Waals surface area contributed by atoms with Gasteiger partial charge in [0.05, 0.1) is 11.7 Å². The van der Waals surface area contributed by atoms with Crippen molar-refractivity contribution in [2.45, 2.75) is 11.1 Å². The van der Waals surface area contributed by atoms with E-state index in [0.29, 0.717) is 10.8 Å². The summed E-state index contributed by atoms with van der Waals surface area (Å²) in [5, 5.41) is 12.5. The Morgan fingerprint density at radius 1 is 0.806 bits per heavy atom. The van der Waals surface area contributed by atoms with Gasteiger partial charge in [-0.2, -0.15) is 0 Å². The van der Waals surface area contributed by atoms with Crippen LogP contribution in [0.1, 0.15) is 22.9 Å². The molecule has 0 spiro atoms. The molecule has 4 aromatic carbocycles. The third-order valence-electron chi connectivity index (χ3n) is 5.64. The van der Waals surface area contributed by atoms with Crippen molar-refractivity contribution in [1.29, 1.82) is 0 Å². The molecule has 1 amide bonds. The van der Waals surface area contributed by atoms with Gasteiger partial charge in [0.2, 0.25) is 5.91 Å². The molecule has 0 atom stereocenters. The molecule has 0 bridgehead atoms. The molecule has 0 aliphatic carbocycles. The second-order valence-corrected chi connectivity index (χ2v) is 9.06. The molecule has 36 heavy (non-hydrogen) atoms. The summed E-state index contributed by atoms with van der Waals surface area (Å²) in [6.45, 7) is 0. The van der Waals surface area contributed by atoms with Crippen molar-refractivity contribution in [2.24, 2.45) is 0 Å². The van der Waals surface area contributed by atoms with Crippen LogP contribution in [-0.4, -0.2) is 26.4 Å². The zero-order valence-corrected chi connectivity index (χ0v) is 20.1. The molecular weight excluding hydrogens is 471 g/mol. The monoisotopic (exact) mass is 494 g/mol. The van der Waals surface area contributed by atoms with E-state index < -0.39 is 5.82 Å². The average molecular weight is 495 g/mol. The number of aromatic nitrogens is 3. The molecule has 0 fully saturated rings. The van der Waals surface area contributed by atoms with Gasteiger partial charge in [0, 0.05) is 11.4 Å². The number of nitrogens with one attached hydrogen (secondary N) is 1. The molecular formula is C29H23FN4OS. The summed E-state index contributed by atoms with van der Waals surface area (Å²) in [5.41, 5.74) is 3.50. The van der Waals surface area contributed by atoms with Crippen molar-refractivity contribution in [1.82, 2.24) is 14.8 Å². The first-order valence-electron chi connectivity index (χ1n) is 11.5. The fourth-order valence-electron chi connectivity index (χ4n) is 4.06. The lowest BCUT2D eigenvalue weighted by atomic mass is 9.90. The van der Waals surface area contributed by atoms with E-state index in [0.717, 1.165) is 22.6 Å². The Kier molecular flexibility index (Phi) is 7.19. The molecule has 0 saturated carbocycles. The summed E-state index contributed by atoms with van der Waals surface area (Å²) in [7, 11) is 0. The zero-order valence-electron chi connectivity index (χ0n) is 19.3. The maximum Gasteiger partial charge on any atom is 0.234 e. The van der Waals surface area contributed by atoms with Gasteiger partial charge in [-0.05, 0) is 41.5 Å². The highest BCUT2D eigenvalue weighted by molar-refractivity contribution is 7.99. The summed E-state index contributed by atoms with van der Waals surface area (Å²) in [6.07, 6.45) is 0. The molecule has 1 heterocycles. The van der Waals surface area contributed by atoms with Gasteiger partial charge in [0.1, 0.15) is 11.6 Å². The molecule has 0 saturated heterocycles. The van der Waals surface area contributed by atoms with Crippen molar-refractivity contribution in [3.05, 3.63) is 138 Å². The van der Waals surface area contributed by atoms with E-state index >= 15 is 0 Å². The van der Waals surface area contributed by atoms with E-state index in [9.17, 15) is 9.18 Å². The van der Waals surface area contributed by atoms with Crippen LogP contribution in [0.15, 0.2) is 120 Å². The lowest BCUT2D eigenvalue weighted by Gasteiger charge is -2.19. The Morgan fingerprint density at radius 3 is 2.03 bits per heavy atom. The van der Waals surface area contributed by atoms with E-state index in [4.69, 9.17) is 0 Å². The molecule has 1 aromatic heterocycles. The molecule has 5 aromatic rings. The SMILES string of the molecule is O=C(CSc1nnc(C(c2ccccc2)c2ccccc2)n1-c1ccccc1)Nc1cccc(F)c1. The van der Waals surface area contributed by atoms with Crippen molar-refractivity contribution in [3.63, 3.8) is 0 Å². The first-order valence-corrected chi connectivity index (χ1v) is 12.5. The molecule has 178 valence electrons. The molecule has 0 radical (unpaired) electrons. The van der Waals surface area contributed by atoms with Gasteiger partial charge in [-0.1, -0.05) is 96.7 Å². The number of anilines is 1. The number of halogens is 1. The van der Waals surface area contributed by atoms with Crippen LogP contribution in [0, 0.1) is 5.82 Å². The highest BCUT2D eigenvalue weighted by Gasteiger charge is 2.26. The standard InChI is InChI=1S/C29H23FN4OS/c30-23-15-10-16-24(19-23)31-26(35)20-36-29-33-32-28(34(29)25-17-8-3-9-18-25)27(21-11-4-1-5-12-21)22-13-6-2-7-14-22/h1-19,27H,20H2,(H,31,35). The van der Waals surface area contributed by atoms with Gasteiger partial charge < -0.3 is 5.32 Å². The van der Waals surface area contributed by atoms with Crippen LogP contribution >= 0.6 is 11.8 Å². The zero-order chi connectivity index (χ0) is 24.7. The Balaban J connectivity index is 1.50. The minimum absolute atomic E-state index is 0.100. The summed E-state index contributed by atoms with van der Waals surface area (Å²) in [4.78, 5) is 12.6. The highest BCUT2D eigenvalue weighted by Crippen LogP contribution is 2.34. The van der Waals surface area contributed by atoms with Crippen molar-refractivity contribution in [2.75, 3.05) is 11.1 Å². The normalized spacial score (nSPS) is 10.9. The number of nitrogens with zero attached hydrogens (tertiary/aromatic N) is 3. The lowest BCUT2D eigenvalue weighted by Crippen LogP contribution is -2.15. The second kappa shape index (κ2) is 11.0. The fraction of sp³-hybridized carbons (Fsp3) is 0.0690. The summed E-state index contributed by atoms with van der Waals surface area (Å²) in [6, 6.07) is 36.1. The van der Waals surface area contributed by atoms with Crippen LogP contribution in [0.4, 0.5) is 10.1 Å². The third-order valence-corrected chi connectivity index (χ3v) is 6.57. The number of benzene rings is 4. The number of para-hydroxylation sites is 1. The minimum atomic E-state index is -0.401. The van der Waals surface area contributed by atoms with Crippen LogP contribution in [0.2, 0.25) is 0 Å². The molecule has 5 nitrogen and oxygen atoms in total. The number of rotatable bonds is 8. The van der Waals surface area contributed by atoms with Gasteiger partial charge in [-0.25, -0.2) is 4.39 Å². The van der Waals surface area contributed by atoms with Crippen molar-refractivity contribution < 1.29 is 9.18 Å². The molecule has 0 unspecified atom stereocenters. The Bertz CT molecular complexity index is 1400. The van der Waals surface area contributed by atoms with Crippen LogP contribution in [0.3, 0.4) is 0 Å². The second-order valence-electron chi connectivity index (χ2n) is 8.11. The summed E-state index contributed by atoms with van der Waals surface area (Å²) >= 11 is 1.29. The average Bonchev–Trinajstić information content (AvgIpc) is 3.33. The maximum absolute atomic E-state index is 13.5. The highest BCUT2D eigenvalue weighted by atomic mass is 32.2. The van der Waals surface area contributed by atoms with Crippen molar-refractivity contribution in [3.8, 4) is 5.69 Å². The molecule has 7 heteroatoms. The predicted molar refractivity (Wildman–Crippen MR) is 141 cm³/mol. The van der Waals surface area contributed by atoms with E-state index in [1.807, 2.05) is 71.3 Å². The Labute approximate surface area is 213 Å². The summed E-state index contributed by atoms with van der Waals surface area (Å²) in [5.74, 6) is 0.0458.